The molecule has 0 unspecified atom stereocenters. The van der Waals surface area contributed by atoms with Crippen LogP contribution < -0.4 is 10.0 Å². The van der Waals surface area contributed by atoms with Crippen LogP contribution in [0.15, 0.2) is 23.4 Å². The molecule has 5 nitrogen and oxygen atoms in total. The summed E-state index contributed by atoms with van der Waals surface area (Å²) in [6.45, 7) is 1.90. The quantitative estimate of drug-likeness (QED) is 0.823. The van der Waals surface area contributed by atoms with Gasteiger partial charge in [0, 0.05) is 18.8 Å². The van der Waals surface area contributed by atoms with Crippen LogP contribution in [0.5, 0.6) is 0 Å². The average molecular weight is 241 g/mol. The highest BCUT2D eigenvalue weighted by molar-refractivity contribution is 7.89. The van der Waals surface area contributed by atoms with Gasteiger partial charge in [0.2, 0.25) is 0 Å². The van der Waals surface area contributed by atoms with Gasteiger partial charge in [-0.05, 0) is 31.9 Å². The number of nitrogens with zero attached hydrogens (tertiary/aromatic N) is 1. The van der Waals surface area contributed by atoms with Crippen LogP contribution in [-0.2, 0) is 10.0 Å². The first-order valence-corrected chi connectivity index (χ1v) is 6.62. The molecule has 0 bridgehead atoms. The molecule has 1 saturated carbocycles. The van der Waals surface area contributed by atoms with Crippen LogP contribution in [0.2, 0.25) is 0 Å². The van der Waals surface area contributed by atoms with Gasteiger partial charge in [-0.1, -0.05) is 0 Å². The highest BCUT2D eigenvalue weighted by Crippen LogP contribution is 2.36. The Hall–Kier alpha value is -1.14. The zero-order valence-electron chi connectivity index (χ0n) is 9.32. The van der Waals surface area contributed by atoms with Crippen LogP contribution >= 0.6 is 0 Å². The molecular weight excluding hydrogens is 226 g/mol. The van der Waals surface area contributed by atoms with E-state index in [1.807, 2.05) is 6.92 Å². The third-order valence-corrected chi connectivity index (χ3v) is 4.27. The largest absolute Gasteiger partial charge is 0.386 e. The van der Waals surface area contributed by atoms with Gasteiger partial charge in [-0.25, -0.2) is 18.1 Å². The maximum atomic E-state index is 12.1. The number of pyridine rings is 1. The highest BCUT2D eigenvalue weighted by atomic mass is 32.2. The molecule has 2 rings (SSSR count). The zero-order chi connectivity index (χ0) is 11.8. The van der Waals surface area contributed by atoms with Gasteiger partial charge in [0.1, 0.15) is 0 Å². The van der Waals surface area contributed by atoms with Crippen LogP contribution in [0.25, 0.3) is 0 Å². The van der Waals surface area contributed by atoms with Gasteiger partial charge < -0.3 is 5.32 Å². The number of anilines is 1. The van der Waals surface area contributed by atoms with Crippen molar-refractivity contribution < 1.29 is 8.42 Å². The van der Waals surface area contributed by atoms with Crippen molar-refractivity contribution in [1.82, 2.24) is 9.71 Å². The summed E-state index contributed by atoms with van der Waals surface area (Å²) in [5.41, 5.74) is 0.237. The second kappa shape index (κ2) is 3.71. The molecule has 1 heterocycles. The summed E-state index contributed by atoms with van der Waals surface area (Å²) >= 11 is 0. The molecule has 0 amide bonds. The summed E-state index contributed by atoms with van der Waals surface area (Å²) in [6, 6.07) is 3.39. The smallest absolute Gasteiger partial charge is 0.260 e. The Kier molecular flexibility index (Phi) is 2.63. The lowest BCUT2D eigenvalue weighted by Crippen LogP contribution is -2.35. The summed E-state index contributed by atoms with van der Waals surface area (Å²) in [5.74, 6) is 0. The number of sulfonamides is 1. The van der Waals surface area contributed by atoms with E-state index in [9.17, 15) is 8.42 Å². The molecule has 0 aliphatic heterocycles. The summed E-state index contributed by atoms with van der Waals surface area (Å²) in [4.78, 5) is 3.92. The van der Waals surface area contributed by atoms with Gasteiger partial charge in [-0.15, -0.1) is 0 Å². The first-order chi connectivity index (χ1) is 7.47. The summed E-state index contributed by atoms with van der Waals surface area (Å²) in [7, 11) is -1.85. The SMILES string of the molecule is CNc1cccnc1S(=O)(=O)NC1(C)CC1. The third-order valence-electron chi connectivity index (χ3n) is 2.68. The van der Waals surface area contributed by atoms with Crippen molar-refractivity contribution in [3.8, 4) is 0 Å². The van der Waals surface area contributed by atoms with Gasteiger partial charge in [0.05, 0.1) is 5.69 Å². The van der Waals surface area contributed by atoms with Crippen LogP contribution in [0.4, 0.5) is 5.69 Å². The molecule has 88 valence electrons. The van der Waals surface area contributed by atoms with Crippen LogP contribution in [0.1, 0.15) is 19.8 Å². The fraction of sp³-hybridized carbons (Fsp3) is 0.500. The molecule has 1 aromatic heterocycles. The first kappa shape index (κ1) is 11.3. The maximum absolute atomic E-state index is 12.1. The first-order valence-electron chi connectivity index (χ1n) is 5.14. The van der Waals surface area contributed by atoms with Crippen molar-refractivity contribution in [2.45, 2.75) is 30.3 Å². The molecule has 16 heavy (non-hydrogen) atoms. The van der Waals surface area contributed by atoms with E-state index in [2.05, 4.69) is 15.0 Å². The lowest BCUT2D eigenvalue weighted by atomic mass is 10.4. The normalized spacial score (nSPS) is 18.1. The molecule has 1 aromatic rings. The Bertz CT molecular complexity index is 495. The molecule has 6 heteroatoms. The summed E-state index contributed by atoms with van der Waals surface area (Å²) in [6.07, 6.45) is 3.24. The lowest BCUT2D eigenvalue weighted by Gasteiger charge is -2.13. The number of nitrogens with one attached hydrogen (secondary N) is 2. The van der Waals surface area contributed by atoms with Crippen molar-refractivity contribution in [1.29, 1.82) is 0 Å². The number of rotatable bonds is 4. The second-order valence-corrected chi connectivity index (χ2v) is 5.87. The van der Waals surface area contributed by atoms with E-state index in [0.29, 0.717) is 5.69 Å². The van der Waals surface area contributed by atoms with Crippen molar-refractivity contribution >= 4 is 15.7 Å². The summed E-state index contributed by atoms with van der Waals surface area (Å²) in [5, 5.41) is 2.89. The van der Waals surface area contributed by atoms with E-state index in [4.69, 9.17) is 0 Å². The minimum atomic E-state index is -3.52. The average Bonchev–Trinajstić information content (AvgIpc) is 2.95. The van der Waals surface area contributed by atoms with Gasteiger partial charge >= 0.3 is 0 Å². The molecule has 0 spiro atoms. The van der Waals surface area contributed by atoms with E-state index in [1.165, 1.54) is 6.20 Å². The summed E-state index contributed by atoms with van der Waals surface area (Å²) < 4.78 is 26.8. The molecule has 0 aromatic carbocycles. The minimum Gasteiger partial charge on any atom is -0.386 e. The standard InChI is InChI=1S/C10H15N3O2S/c1-10(5-6-10)13-16(14,15)9-8(11-2)4-3-7-12-9/h3-4,7,11,13H,5-6H2,1-2H3. The molecule has 0 radical (unpaired) electrons. The van der Waals surface area contributed by atoms with Gasteiger partial charge in [-0.2, -0.15) is 0 Å². The van der Waals surface area contributed by atoms with Crippen molar-refractivity contribution in [3.63, 3.8) is 0 Å². The number of hydrogen-bond donors (Lipinski definition) is 2. The Morgan fingerprint density at radius 1 is 1.44 bits per heavy atom. The fourth-order valence-corrected chi connectivity index (χ4v) is 3.07. The predicted molar refractivity (Wildman–Crippen MR) is 61.7 cm³/mol. The molecule has 0 atom stereocenters. The monoisotopic (exact) mass is 241 g/mol. The maximum Gasteiger partial charge on any atom is 0.260 e. The van der Waals surface area contributed by atoms with E-state index >= 15 is 0 Å². The van der Waals surface area contributed by atoms with Crippen molar-refractivity contribution in [2.75, 3.05) is 12.4 Å². The topological polar surface area (TPSA) is 71.1 Å². The number of hydrogen-bond acceptors (Lipinski definition) is 4. The Balaban J connectivity index is 2.35. The van der Waals surface area contributed by atoms with Crippen LogP contribution in [0.3, 0.4) is 0 Å². The Morgan fingerprint density at radius 3 is 2.69 bits per heavy atom. The van der Waals surface area contributed by atoms with E-state index < -0.39 is 10.0 Å². The van der Waals surface area contributed by atoms with Crippen molar-refractivity contribution in [2.24, 2.45) is 0 Å². The zero-order valence-corrected chi connectivity index (χ0v) is 10.1. The van der Waals surface area contributed by atoms with Crippen molar-refractivity contribution in [3.05, 3.63) is 18.3 Å². The Labute approximate surface area is 95.3 Å². The molecule has 0 saturated heterocycles. The molecule has 2 N–H and O–H groups in total. The van der Waals surface area contributed by atoms with Gasteiger partial charge in [0.25, 0.3) is 10.0 Å². The minimum absolute atomic E-state index is 0.0608. The van der Waals surface area contributed by atoms with Crippen LogP contribution in [0, 0.1) is 0 Å². The van der Waals surface area contributed by atoms with E-state index in [-0.39, 0.29) is 10.6 Å². The van der Waals surface area contributed by atoms with E-state index in [1.54, 1.807) is 19.2 Å². The lowest BCUT2D eigenvalue weighted by molar-refractivity contribution is 0.555. The molecule has 1 aliphatic rings. The number of aromatic nitrogens is 1. The molecule has 1 fully saturated rings. The van der Waals surface area contributed by atoms with Gasteiger partial charge in [-0.3, -0.25) is 0 Å². The Morgan fingerprint density at radius 2 is 2.12 bits per heavy atom. The predicted octanol–water partition coefficient (Wildman–Crippen LogP) is 0.954. The third kappa shape index (κ3) is 2.17. The second-order valence-electron chi connectivity index (χ2n) is 4.27. The van der Waals surface area contributed by atoms with E-state index in [0.717, 1.165) is 12.8 Å². The fourth-order valence-electron chi connectivity index (χ4n) is 1.46. The highest BCUT2D eigenvalue weighted by Gasteiger charge is 2.42. The molecule has 1 aliphatic carbocycles. The molecular formula is C10H15N3O2S. The van der Waals surface area contributed by atoms with Gasteiger partial charge in [0.15, 0.2) is 5.03 Å². The van der Waals surface area contributed by atoms with Crippen LogP contribution in [-0.4, -0.2) is 26.0 Å².